The van der Waals surface area contributed by atoms with Crippen LogP contribution < -0.4 is 14.8 Å². The van der Waals surface area contributed by atoms with Crippen LogP contribution in [0.3, 0.4) is 0 Å². The maximum Gasteiger partial charge on any atom is 0.251 e. The third-order valence-electron chi connectivity index (χ3n) is 4.43. The van der Waals surface area contributed by atoms with Crippen LogP contribution in [0, 0.1) is 13.8 Å². The number of hydrogen-bond donors (Lipinski definition) is 1. The fraction of sp³-hybridized carbons (Fsp3) is 0.450. The molecule has 5 heteroatoms. The number of carbonyl (C=O) groups is 1. The van der Waals surface area contributed by atoms with Crippen LogP contribution >= 0.6 is 0 Å². The van der Waals surface area contributed by atoms with E-state index in [1.165, 1.54) is 17.0 Å². The molecule has 0 aliphatic carbocycles. The maximum absolute atomic E-state index is 12.4. The molecular formula is C20H28N2O3. The van der Waals surface area contributed by atoms with Crippen LogP contribution in [-0.4, -0.2) is 31.2 Å². The van der Waals surface area contributed by atoms with Gasteiger partial charge in [-0.05, 0) is 63.9 Å². The molecule has 1 amide bonds. The second-order valence-electron chi connectivity index (χ2n) is 6.44. The number of nitrogens with zero attached hydrogens (tertiary/aromatic N) is 1. The first-order valence-corrected chi connectivity index (χ1v) is 8.56. The number of rotatable bonds is 7. The fourth-order valence-corrected chi connectivity index (χ4v) is 3.28. The Morgan fingerprint density at radius 2 is 1.80 bits per heavy atom. The van der Waals surface area contributed by atoms with Gasteiger partial charge in [0.05, 0.1) is 14.2 Å². The van der Waals surface area contributed by atoms with E-state index in [4.69, 9.17) is 9.47 Å². The van der Waals surface area contributed by atoms with E-state index in [2.05, 4.69) is 43.6 Å². The molecule has 0 fully saturated rings. The van der Waals surface area contributed by atoms with Gasteiger partial charge in [0.15, 0.2) is 11.5 Å². The van der Waals surface area contributed by atoms with Gasteiger partial charge in [0.25, 0.3) is 5.91 Å². The molecule has 1 N–H and O–H groups in total. The summed E-state index contributed by atoms with van der Waals surface area (Å²) in [5.41, 5.74) is 4.37. The van der Waals surface area contributed by atoms with Crippen molar-refractivity contribution < 1.29 is 14.3 Å². The number of amides is 1. The molecule has 0 aliphatic rings. The van der Waals surface area contributed by atoms with Crippen molar-refractivity contribution in [3.63, 3.8) is 0 Å². The van der Waals surface area contributed by atoms with Crippen LogP contribution in [0.1, 0.15) is 47.2 Å². The molecule has 2 aromatic rings. The summed E-state index contributed by atoms with van der Waals surface area (Å²) in [7, 11) is 3.13. The molecule has 0 saturated carbocycles. The van der Waals surface area contributed by atoms with E-state index in [0.717, 1.165) is 6.42 Å². The Balaban J connectivity index is 2.00. The van der Waals surface area contributed by atoms with Crippen LogP contribution in [0.2, 0.25) is 0 Å². The summed E-state index contributed by atoms with van der Waals surface area (Å²) in [6, 6.07) is 7.82. The van der Waals surface area contributed by atoms with Gasteiger partial charge in [-0.1, -0.05) is 0 Å². The smallest absolute Gasteiger partial charge is 0.251 e. The van der Waals surface area contributed by atoms with Crippen molar-refractivity contribution in [2.75, 3.05) is 20.8 Å². The first-order valence-electron chi connectivity index (χ1n) is 8.56. The van der Waals surface area contributed by atoms with Crippen LogP contribution in [-0.2, 0) is 6.42 Å². The van der Waals surface area contributed by atoms with Gasteiger partial charge in [-0.2, -0.15) is 0 Å². The van der Waals surface area contributed by atoms with E-state index in [1.54, 1.807) is 32.4 Å². The minimum absolute atomic E-state index is 0.112. The number of ether oxygens (including phenoxy) is 2. The minimum atomic E-state index is -0.112. The highest BCUT2D eigenvalue weighted by Gasteiger charge is 2.13. The van der Waals surface area contributed by atoms with Crippen molar-refractivity contribution in [3.8, 4) is 11.5 Å². The van der Waals surface area contributed by atoms with Crippen LogP contribution in [0.5, 0.6) is 11.5 Å². The summed E-state index contributed by atoms with van der Waals surface area (Å²) in [5, 5.41) is 2.98. The zero-order chi connectivity index (χ0) is 18.6. The highest BCUT2D eigenvalue weighted by atomic mass is 16.5. The zero-order valence-electron chi connectivity index (χ0n) is 16.0. The molecule has 0 aliphatic heterocycles. The largest absolute Gasteiger partial charge is 0.493 e. The molecule has 0 saturated heterocycles. The van der Waals surface area contributed by atoms with E-state index in [9.17, 15) is 4.79 Å². The lowest BCUT2D eigenvalue weighted by Crippen LogP contribution is -2.25. The Kier molecular flexibility index (Phi) is 6.12. The Labute approximate surface area is 149 Å². The SMILES string of the molecule is COc1ccc(C(=O)NCCc2cc(C)n(C(C)C)c2C)cc1OC. The van der Waals surface area contributed by atoms with Gasteiger partial charge < -0.3 is 19.4 Å². The van der Waals surface area contributed by atoms with Gasteiger partial charge in [-0.15, -0.1) is 0 Å². The Hall–Kier alpha value is -2.43. The first-order chi connectivity index (χ1) is 11.9. The summed E-state index contributed by atoms with van der Waals surface area (Å²) < 4.78 is 12.8. The molecule has 2 rings (SSSR count). The second-order valence-corrected chi connectivity index (χ2v) is 6.44. The van der Waals surface area contributed by atoms with Crippen LogP contribution in [0.4, 0.5) is 0 Å². The third kappa shape index (κ3) is 4.16. The first kappa shape index (κ1) is 18.9. The van der Waals surface area contributed by atoms with E-state index in [1.807, 2.05) is 0 Å². The van der Waals surface area contributed by atoms with E-state index >= 15 is 0 Å². The number of hydrogen-bond acceptors (Lipinski definition) is 3. The summed E-state index contributed by atoms with van der Waals surface area (Å²) in [6.07, 6.45) is 0.811. The standard InChI is InChI=1S/C20H28N2O3/c1-13(2)22-14(3)11-16(15(22)4)9-10-21-20(23)17-7-8-18(24-5)19(12-17)25-6/h7-8,11-13H,9-10H2,1-6H3,(H,21,23). The summed E-state index contributed by atoms with van der Waals surface area (Å²) in [5.74, 6) is 1.05. The number of aromatic nitrogens is 1. The van der Waals surface area contributed by atoms with Crippen molar-refractivity contribution in [1.29, 1.82) is 0 Å². The van der Waals surface area contributed by atoms with Gasteiger partial charge in [-0.3, -0.25) is 4.79 Å². The van der Waals surface area contributed by atoms with Gasteiger partial charge in [0, 0.05) is 29.5 Å². The third-order valence-corrected chi connectivity index (χ3v) is 4.43. The Bertz CT molecular complexity index is 748. The molecule has 0 radical (unpaired) electrons. The topological polar surface area (TPSA) is 52.5 Å². The number of nitrogens with one attached hydrogen (secondary N) is 1. The fourth-order valence-electron chi connectivity index (χ4n) is 3.28. The van der Waals surface area contributed by atoms with E-state index < -0.39 is 0 Å². The summed E-state index contributed by atoms with van der Waals surface area (Å²) >= 11 is 0. The Morgan fingerprint density at radius 3 is 2.36 bits per heavy atom. The average molecular weight is 344 g/mol. The van der Waals surface area contributed by atoms with Crippen LogP contribution in [0.15, 0.2) is 24.3 Å². The zero-order valence-corrected chi connectivity index (χ0v) is 16.0. The van der Waals surface area contributed by atoms with Gasteiger partial charge in [-0.25, -0.2) is 0 Å². The number of aryl methyl sites for hydroxylation is 1. The molecule has 1 heterocycles. The molecule has 136 valence electrons. The second kappa shape index (κ2) is 8.10. The molecule has 0 unspecified atom stereocenters. The number of benzene rings is 1. The highest BCUT2D eigenvalue weighted by Crippen LogP contribution is 2.27. The van der Waals surface area contributed by atoms with Gasteiger partial charge in [0.1, 0.15) is 0 Å². The van der Waals surface area contributed by atoms with Gasteiger partial charge in [0.2, 0.25) is 0 Å². The molecule has 0 bridgehead atoms. The lowest BCUT2D eigenvalue weighted by Gasteiger charge is -2.14. The maximum atomic E-state index is 12.4. The average Bonchev–Trinajstić information content (AvgIpc) is 2.87. The number of methoxy groups -OCH3 is 2. The summed E-state index contributed by atoms with van der Waals surface area (Å²) in [4.78, 5) is 12.4. The monoisotopic (exact) mass is 344 g/mol. The molecule has 1 aromatic carbocycles. The van der Waals surface area contributed by atoms with E-state index in [0.29, 0.717) is 29.6 Å². The quantitative estimate of drug-likeness (QED) is 0.834. The molecule has 25 heavy (non-hydrogen) atoms. The predicted molar refractivity (Wildman–Crippen MR) is 99.9 cm³/mol. The minimum Gasteiger partial charge on any atom is -0.493 e. The molecule has 0 atom stereocenters. The van der Waals surface area contributed by atoms with Crippen molar-refractivity contribution in [2.45, 2.75) is 40.2 Å². The van der Waals surface area contributed by atoms with Crippen molar-refractivity contribution in [2.24, 2.45) is 0 Å². The van der Waals surface area contributed by atoms with E-state index in [-0.39, 0.29) is 5.91 Å². The van der Waals surface area contributed by atoms with Crippen LogP contribution in [0.25, 0.3) is 0 Å². The molecular weight excluding hydrogens is 316 g/mol. The lowest BCUT2D eigenvalue weighted by atomic mass is 10.1. The summed E-state index contributed by atoms with van der Waals surface area (Å²) in [6.45, 7) is 9.22. The number of carbonyl (C=O) groups excluding carboxylic acids is 1. The van der Waals surface area contributed by atoms with Crippen molar-refractivity contribution in [1.82, 2.24) is 9.88 Å². The predicted octanol–water partition coefficient (Wildman–Crippen LogP) is 3.68. The Morgan fingerprint density at radius 1 is 1.12 bits per heavy atom. The highest BCUT2D eigenvalue weighted by molar-refractivity contribution is 5.94. The molecule has 1 aromatic heterocycles. The normalized spacial score (nSPS) is 10.8. The van der Waals surface area contributed by atoms with Gasteiger partial charge >= 0.3 is 0 Å². The van der Waals surface area contributed by atoms with Crippen molar-refractivity contribution >= 4 is 5.91 Å². The molecule has 0 spiro atoms. The molecule has 5 nitrogen and oxygen atoms in total. The lowest BCUT2D eigenvalue weighted by molar-refractivity contribution is 0.0953. The van der Waals surface area contributed by atoms with Crippen molar-refractivity contribution in [3.05, 3.63) is 46.8 Å².